The number of halogens is 2. The Bertz CT molecular complexity index is 575. The van der Waals surface area contributed by atoms with E-state index in [4.69, 9.17) is 17.4 Å². The second kappa shape index (κ2) is 5.51. The Morgan fingerprint density at radius 1 is 1.28 bits per heavy atom. The van der Waals surface area contributed by atoms with Crippen LogP contribution in [0.15, 0.2) is 29.0 Å². The molecule has 1 aromatic carbocycles. The van der Waals surface area contributed by atoms with E-state index in [2.05, 4.69) is 36.6 Å². The van der Waals surface area contributed by atoms with Crippen molar-refractivity contribution < 1.29 is 0 Å². The first-order valence-corrected chi connectivity index (χ1v) is 6.30. The fourth-order valence-electron chi connectivity index (χ4n) is 1.43. The zero-order chi connectivity index (χ0) is 13.1. The van der Waals surface area contributed by atoms with E-state index in [0.29, 0.717) is 21.1 Å². The van der Waals surface area contributed by atoms with E-state index in [1.807, 2.05) is 25.1 Å². The lowest BCUT2D eigenvalue weighted by molar-refractivity contribution is 1.12. The molecule has 4 N–H and O–H groups in total. The molecule has 94 valence electrons. The van der Waals surface area contributed by atoms with Crippen LogP contribution in [0.1, 0.15) is 5.56 Å². The van der Waals surface area contributed by atoms with Gasteiger partial charge in [-0.1, -0.05) is 17.7 Å². The van der Waals surface area contributed by atoms with Crippen molar-refractivity contribution in [1.29, 1.82) is 0 Å². The summed E-state index contributed by atoms with van der Waals surface area (Å²) in [7, 11) is 0. The SMILES string of the molecule is Cc1c(Cl)cccc1Nc1ncnc(NN)c1Br. The minimum Gasteiger partial charge on any atom is -0.339 e. The van der Waals surface area contributed by atoms with Crippen LogP contribution in [-0.4, -0.2) is 9.97 Å². The lowest BCUT2D eigenvalue weighted by Gasteiger charge is -2.12. The molecule has 0 aliphatic rings. The van der Waals surface area contributed by atoms with Gasteiger partial charge < -0.3 is 10.7 Å². The molecule has 1 heterocycles. The summed E-state index contributed by atoms with van der Waals surface area (Å²) in [5.74, 6) is 6.47. The van der Waals surface area contributed by atoms with E-state index in [1.54, 1.807) is 0 Å². The summed E-state index contributed by atoms with van der Waals surface area (Å²) in [5, 5.41) is 3.87. The maximum atomic E-state index is 6.06. The van der Waals surface area contributed by atoms with Gasteiger partial charge in [-0.3, -0.25) is 0 Å². The summed E-state index contributed by atoms with van der Waals surface area (Å²) in [6.45, 7) is 1.93. The number of anilines is 3. The molecule has 5 nitrogen and oxygen atoms in total. The van der Waals surface area contributed by atoms with Crippen LogP contribution >= 0.6 is 27.5 Å². The highest BCUT2D eigenvalue weighted by Crippen LogP contribution is 2.31. The van der Waals surface area contributed by atoms with Gasteiger partial charge in [0.1, 0.15) is 16.6 Å². The largest absolute Gasteiger partial charge is 0.339 e. The molecule has 0 saturated heterocycles. The average Bonchev–Trinajstić information content (AvgIpc) is 2.37. The van der Waals surface area contributed by atoms with E-state index in [9.17, 15) is 0 Å². The fraction of sp³-hybridized carbons (Fsp3) is 0.0909. The van der Waals surface area contributed by atoms with E-state index < -0.39 is 0 Å². The third-order valence-electron chi connectivity index (χ3n) is 2.45. The standard InChI is InChI=1S/C11H11BrClN5/c1-6-7(13)3-2-4-8(6)17-10-9(12)11(18-14)16-5-15-10/h2-5H,14H2,1H3,(H2,15,16,17,18). The van der Waals surface area contributed by atoms with Crippen molar-refractivity contribution in [2.24, 2.45) is 5.84 Å². The van der Waals surface area contributed by atoms with E-state index in [-0.39, 0.29) is 0 Å². The summed E-state index contributed by atoms with van der Waals surface area (Å²) in [5.41, 5.74) is 4.31. The predicted octanol–water partition coefficient (Wildman–Crippen LogP) is 3.23. The molecule has 7 heteroatoms. The highest BCUT2D eigenvalue weighted by atomic mass is 79.9. The van der Waals surface area contributed by atoms with Gasteiger partial charge in [-0.2, -0.15) is 0 Å². The van der Waals surface area contributed by atoms with Crippen LogP contribution in [0.5, 0.6) is 0 Å². The Hall–Kier alpha value is -1.37. The fourth-order valence-corrected chi connectivity index (χ4v) is 2.02. The molecular weight excluding hydrogens is 318 g/mol. The molecule has 0 amide bonds. The number of hydrogen-bond donors (Lipinski definition) is 3. The first kappa shape index (κ1) is 13.1. The summed E-state index contributed by atoms with van der Waals surface area (Å²) in [4.78, 5) is 8.12. The van der Waals surface area contributed by atoms with Crippen LogP contribution in [-0.2, 0) is 0 Å². The van der Waals surface area contributed by atoms with Crippen molar-refractivity contribution in [3.63, 3.8) is 0 Å². The smallest absolute Gasteiger partial charge is 0.159 e. The van der Waals surface area contributed by atoms with Crippen LogP contribution in [0.3, 0.4) is 0 Å². The highest BCUT2D eigenvalue weighted by molar-refractivity contribution is 9.10. The topological polar surface area (TPSA) is 75.9 Å². The Morgan fingerprint density at radius 3 is 2.72 bits per heavy atom. The molecule has 18 heavy (non-hydrogen) atoms. The monoisotopic (exact) mass is 327 g/mol. The summed E-state index contributed by atoms with van der Waals surface area (Å²) < 4.78 is 0.659. The van der Waals surface area contributed by atoms with Crippen molar-refractivity contribution in [3.05, 3.63) is 39.6 Å². The molecule has 2 rings (SSSR count). The van der Waals surface area contributed by atoms with E-state index >= 15 is 0 Å². The van der Waals surface area contributed by atoms with Gasteiger partial charge in [0.15, 0.2) is 5.82 Å². The van der Waals surface area contributed by atoms with Crippen molar-refractivity contribution >= 4 is 44.9 Å². The van der Waals surface area contributed by atoms with Crippen molar-refractivity contribution in [2.45, 2.75) is 6.92 Å². The van der Waals surface area contributed by atoms with Crippen LogP contribution in [0, 0.1) is 6.92 Å². The quantitative estimate of drug-likeness (QED) is 0.596. The molecule has 0 saturated carbocycles. The lowest BCUT2D eigenvalue weighted by Crippen LogP contribution is -2.10. The Labute approximate surface area is 118 Å². The molecule has 0 atom stereocenters. The third kappa shape index (κ3) is 2.55. The number of nitrogens with zero attached hydrogens (tertiary/aromatic N) is 2. The van der Waals surface area contributed by atoms with Gasteiger partial charge in [0.25, 0.3) is 0 Å². The lowest BCUT2D eigenvalue weighted by atomic mass is 10.2. The molecule has 0 aliphatic carbocycles. The molecule has 0 aliphatic heterocycles. The first-order chi connectivity index (χ1) is 8.63. The van der Waals surface area contributed by atoms with E-state index in [1.165, 1.54) is 6.33 Å². The van der Waals surface area contributed by atoms with Crippen molar-refractivity contribution in [1.82, 2.24) is 9.97 Å². The first-order valence-electron chi connectivity index (χ1n) is 5.12. The second-order valence-electron chi connectivity index (χ2n) is 3.57. The number of hydrazine groups is 1. The number of nitrogen functional groups attached to an aromatic ring is 1. The molecule has 2 aromatic rings. The average molecular weight is 329 g/mol. The molecule has 0 fully saturated rings. The minimum atomic E-state index is 0.507. The van der Waals surface area contributed by atoms with Gasteiger partial charge in [-0.25, -0.2) is 15.8 Å². The Kier molecular flexibility index (Phi) is 4.00. The molecule has 0 unspecified atom stereocenters. The Balaban J connectivity index is 2.37. The van der Waals surface area contributed by atoms with Crippen LogP contribution < -0.4 is 16.6 Å². The summed E-state index contributed by atoms with van der Waals surface area (Å²) in [6, 6.07) is 5.63. The third-order valence-corrected chi connectivity index (χ3v) is 3.61. The zero-order valence-corrected chi connectivity index (χ0v) is 11.9. The molecule has 0 spiro atoms. The number of aromatic nitrogens is 2. The number of nitrogens with one attached hydrogen (secondary N) is 2. The summed E-state index contributed by atoms with van der Waals surface area (Å²) >= 11 is 9.44. The molecule has 0 bridgehead atoms. The van der Waals surface area contributed by atoms with E-state index in [0.717, 1.165) is 11.3 Å². The number of hydrogen-bond acceptors (Lipinski definition) is 5. The second-order valence-corrected chi connectivity index (χ2v) is 4.77. The van der Waals surface area contributed by atoms with Gasteiger partial charge in [0.05, 0.1) is 0 Å². The van der Waals surface area contributed by atoms with Gasteiger partial charge in [-0.15, -0.1) is 0 Å². The Morgan fingerprint density at radius 2 is 2.00 bits per heavy atom. The van der Waals surface area contributed by atoms with Crippen LogP contribution in [0.2, 0.25) is 5.02 Å². The van der Waals surface area contributed by atoms with Crippen LogP contribution in [0.4, 0.5) is 17.3 Å². The maximum Gasteiger partial charge on any atom is 0.159 e. The normalized spacial score (nSPS) is 10.2. The predicted molar refractivity (Wildman–Crippen MR) is 77.0 cm³/mol. The molecule has 0 radical (unpaired) electrons. The number of benzene rings is 1. The van der Waals surface area contributed by atoms with Gasteiger partial charge in [0.2, 0.25) is 0 Å². The van der Waals surface area contributed by atoms with Gasteiger partial charge in [-0.05, 0) is 40.5 Å². The number of nitrogens with two attached hydrogens (primary N) is 1. The zero-order valence-electron chi connectivity index (χ0n) is 9.54. The maximum absolute atomic E-state index is 6.06. The number of rotatable bonds is 3. The van der Waals surface area contributed by atoms with Gasteiger partial charge >= 0.3 is 0 Å². The van der Waals surface area contributed by atoms with Gasteiger partial charge in [0, 0.05) is 10.7 Å². The molecular formula is C11H11BrClN5. The minimum absolute atomic E-state index is 0.507. The molecule has 1 aromatic heterocycles. The highest BCUT2D eigenvalue weighted by Gasteiger charge is 2.09. The van der Waals surface area contributed by atoms with Crippen molar-refractivity contribution in [2.75, 3.05) is 10.7 Å². The van der Waals surface area contributed by atoms with Crippen molar-refractivity contribution in [3.8, 4) is 0 Å². The van der Waals surface area contributed by atoms with Crippen LogP contribution in [0.25, 0.3) is 0 Å². The summed E-state index contributed by atoms with van der Waals surface area (Å²) in [6.07, 6.45) is 1.42.